The molecule has 1 saturated carbocycles. The fourth-order valence-electron chi connectivity index (χ4n) is 4.91. The monoisotopic (exact) mass is 406 g/mol. The van der Waals surface area contributed by atoms with Gasteiger partial charge in [0.2, 0.25) is 0 Å². The van der Waals surface area contributed by atoms with Crippen molar-refractivity contribution in [1.29, 1.82) is 5.26 Å². The summed E-state index contributed by atoms with van der Waals surface area (Å²) in [6, 6.07) is 19.2. The molecule has 0 saturated heterocycles. The van der Waals surface area contributed by atoms with Gasteiger partial charge in [0.25, 0.3) is 0 Å². The van der Waals surface area contributed by atoms with Crippen LogP contribution in [0.3, 0.4) is 0 Å². The number of hydrogen-bond donors (Lipinski definition) is 1. The number of hydrogen-bond acceptors (Lipinski definition) is 4. The van der Waals surface area contributed by atoms with Crippen LogP contribution in [0.4, 0.5) is 0 Å². The lowest BCUT2D eigenvalue weighted by atomic mass is 9.77. The van der Waals surface area contributed by atoms with Crippen LogP contribution in [-0.4, -0.2) is 25.4 Å². The fraction of sp³-hybridized carbons (Fsp3) is 0.240. The predicted molar refractivity (Wildman–Crippen MR) is 118 cm³/mol. The summed E-state index contributed by atoms with van der Waals surface area (Å²) < 4.78 is 4.34. The van der Waals surface area contributed by atoms with E-state index in [-0.39, 0.29) is 0 Å². The van der Waals surface area contributed by atoms with Gasteiger partial charge in [0.15, 0.2) is 5.82 Å². The van der Waals surface area contributed by atoms with Crippen molar-refractivity contribution < 1.29 is 0 Å². The predicted octanol–water partition coefficient (Wildman–Crippen LogP) is 3.92. The molecule has 0 radical (unpaired) electrons. The van der Waals surface area contributed by atoms with E-state index in [1.54, 1.807) is 6.33 Å². The van der Waals surface area contributed by atoms with Crippen molar-refractivity contribution in [3.63, 3.8) is 0 Å². The van der Waals surface area contributed by atoms with E-state index in [0.29, 0.717) is 17.5 Å². The summed E-state index contributed by atoms with van der Waals surface area (Å²) >= 11 is 0. The molecule has 1 aliphatic heterocycles. The molecule has 3 heterocycles. The number of nitrogens with zero attached hydrogens (tertiary/aromatic N) is 5. The molecule has 31 heavy (non-hydrogen) atoms. The highest BCUT2D eigenvalue weighted by Crippen LogP contribution is 2.35. The highest BCUT2D eigenvalue weighted by atomic mass is 15.3. The molecule has 2 aromatic carbocycles. The van der Waals surface area contributed by atoms with Gasteiger partial charge in [-0.2, -0.15) is 5.26 Å². The largest absolute Gasteiger partial charge is 0.340 e. The van der Waals surface area contributed by atoms with Crippen LogP contribution in [0.15, 0.2) is 61.1 Å². The second kappa shape index (κ2) is 6.93. The van der Waals surface area contributed by atoms with Gasteiger partial charge in [-0.1, -0.05) is 24.3 Å². The molecule has 0 amide bonds. The van der Waals surface area contributed by atoms with E-state index in [0.717, 1.165) is 54.1 Å². The molecule has 2 aliphatic rings. The molecule has 1 aliphatic carbocycles. The lowest BCUT2D eigenvalue weighted by Crippen LogP contribution is -2.37. The van der Waals surface area contributed by atoms with Crippen LogP contribution in [0.5, 0.6) is 0 Å². The van der Waals surface area contributed by atoms with Gasteiger partial charge >= 0.3 is 0 Å². The van der Waals surface area contributed by atoms with Crippen LogP contribution < -0.4 is 5.73 Å². The molecule has 0 spiro atoms. The first-order valence-electron chi connectivity index (χ1n) is 10.7. The van der Waals surface area contributed by atoms with Gasteiger partial charge in [-0.25, -0.2) is 0 Å². The molecule has 0 atom stereocenters. The van der Waals surface area contributed by atoms with Gasteiger partial charge in [0.05, 0.1) is 23.0 Å². The first-order valence-corrected chi connectivity index (χ1v) is 10.7. The van der Waals surface area contributed by atoms with Crippen LogP contribution >= 0.6 is 0 Å². The van der Waals surface area contributed by atoms with Crippen LogP contribution in [0.2, 0.25) is 0 Å². The normalized spacial score (nSPS) is 18.8. The SMILES string of the molecule is N#Cc1ccc(-c2cc3n(c2)Cc2cc(CC4CC(N)C4)ccc2-n2cnnc2-3)cc1. The maximum absolute atomic E-state index is 9.07. The summed E-state index contributed by atoms with van der Waals surface area (Å²) in [5, 5.41) is 17.7. The van der Waals surface area contributed by atoms with Crippen molar-refractivity contribution in [3.05, 3.63) is 77.7 Å². The van der Waals surface area contributed by atoms with Crippen LogP contribution in [-0.2, 0) is 13.0 Å². The molecular weight excluding hydrogens is 384 g/mol. The number of nitrogens with two attached hydrogens (primary N) is 1. The molecule has 6 nitrogen and oxygen atoms in total. The van der Waals surface area contributed by atoms with Gasteiger partial charge in [-0.05, 0) is 66.1 Å². The van der Waals surface area contributed by atoms with Crippen molar-refractivity contribution in [1.82, 2.24) is 19.3 Å². The molecule has 2 N–H and O–H groups in total. The maximum Gasteiger partial charge on any atom is 0.185 e. The molecule has 152 valence electrons. The Bertz CT molecular complexity index is 1320. The lowest BCUT2D eigenvalue weighted by Gasteiger charge is -2.32. The van der Waals surface area contributed by atoms with E-state index in [2.05, 4.69) is 55.9 Å². The Labute approximate surface area is 180 Å². The number of rotatable bonds is 3. The average molecular weight is 406 g/mol. The van der Waals surface area contributed by atoms with E-state index < -0.39 is 0 Å². The number of benzene rings is 2. The molecule has 1 fully saturated rings. The smallest absolute Gasteiger partial charge is 0.185 e. The summed E-state index contributed by atoms with van der Waals surface area (Å²) in [4.78, 5) is 0. The van der Waals surface area contributed by atoms with Crippen molar-refractivity contribution in [2.75, 3.05) is 0 Å². The van der Waals surface area contributed by atoms with Gasteiger partial charge in [0.1, 0.15) is 6.33 Å². The summed E-state index contributed by atoms with van der Waals surface area (Å²) in [6.45, 7) is 0.780. The van der Waals surface area contributed by atoms with Gasteiger partial charge in [0, 0.05) is 24.3 Å². The standard InChI is InChI=1S/C25H22N6/c26-12-16-1-4-19(5-2-16)20-11-24-25-29-28-15-31(25)23-6-3-17(7-18-9-22(27)10-18)8-21(23)14-30(24)13-20/h1-6,8,11,13,15,18,22H,7,9-10,14,27H2. The van der Waals surface area contributed by atoms with Crippen molar-refractivity contribution in [2.24, 2.45) is 11.7 Å². The minimum absolute atomic E-state index is 0.383. The Kier molecular flexibility index (Phi) is 4.05. The minimum Gasteiger partial charge on any atom is -0.340 e. The first-order chi connectivity index (χ1) is 15.2. The third-order valence-electron chi connectivity index (χ3n) is 6.56. The zero-order valence-corrected chi connectivity index (χ0v) is 17.1. The molecule has 0 unspecified atom stereocenters. The van der Waals surface area contributed by atoms with Crippen LogP contribution in [0, 0.1) is 17.2 Å². The van der Waals surface area contributed by atoms with E-state index in [1.807, 2.05) is 24.3 Å². The second-order valence-corrected chi connectivity index (χ2v) is 8.72. The first kappa shape index (κ1) is 18.1. The Morgan fingerprint density at radius 2 is 1.90 bits per heavy atom. The molecule has 6 heteroatoms. The van der Waals surface area contributed by atoms with E-state index in [9.17, 15) is 0 Å². The Hall–Kier alpha value is -3.69. The summed E-state index contributed by atoms with van der Waals surface area (Å²) in [7, 11) is 0. The molecular formula is C25H22N6. The lowest BCUT2D eigenvalue weighted by molar-refractivity contribution is 0.264. The zero-order valence-electron chi connectivity index (χ0n) is 17.1. The van der Waals surface area contributed by atoms with E-state index in [1.165, 1.54) is 11.1 Å². The Morgan fingerprint density at radius 3 is 2.68 bits per heavy atom. The van der Waals surface area contributed by atoms with Gasteiger partial charge < -0.3 is 10.3 Å². The third-order valence-corrected chi connectivity index (χ3v) is 6.56. The van der Waals surface area contributed by atoms with Gasteiger partial charge in [-0.3, -0.25) is 4.57 Å². The highest BCUT2D eigenvalue weighted by molar-refractivity contribution is 5.71. The van der Waals surface area contributed by atoms with Crippen LogP contribution in [0.1, 0.15) is 29.5 Å². The number of aromatic nitrogens is 4. The number of nitriles is 1. The fourth-order valence-corrected chi connectivity index (χ4v) is 4.91. The van der Waals surface area contributed by atoms with Crippen molar-refractivity contribution in [2.45, 2.75) is 31.8 Å². The summed E-state index contributed by atoms with van der Waals surface area (Å²) in [5.41, 5.74) is 13.6. The average Bonchev–Trinajstić information content (AvgIpc) is 3.38. The van der Waals surface area contributed by atoms with Gasteiger partial charge in [-0.15, -0.1) is 10.2 Å². The Morgan fingerprint density at radius 1 is 1.06 bits per heavy atom. The molecule has 0 bridgehead atoms. The van der Waals surface area contributed by atoms with Crippen molar-refractivity contribution in [3.8, 4) is 34.4 Å². The highest BCUT2D eigenvalue weighted by Gasteiger charge is 2.27. The van der Waals surface area contributed by atoms with E-state index in [4.69, 9.17) is 11.0 Å². The zero-order chi connectivity index (χ0) is 20.9. The molecule has 6 rings (SSSR count). The van der Waals surface area contributed by atoms with Crippen LogP contribution in [0.25, 0.3) is 28.3 Å². The molecule has 2 aromatic heterocycles. The maximum atomic E-state index is 9.07. The molecule has 4 aromatic rings. The van der Waals surface area contributed by atoms with E-state index >= 15 is 0 Å². The third kappa shape index (κ3) is 3.06. The Balaban J connectivity index is 1.40. The summed E-state index contributed by atoms with van der Waals surface area (Å²) in [6.07, 6.45) is 7.31. The number of fused-ring (bicyclic) bond motifs is 5. The summed E-state index contributed by atoms with van der Waals surface area (Å²) in [5.74, 6) is 1.55. The quantitative estimate of drug-likeness (QED) is 0.492. The van der Waals surface area contributed by atoms with Crippen molar-refractivity contribution >= 4 is 0 Å². The minimum atomic E-state index is 0.383. The second-order valence-electron chi connectivity index (χ2n) is 8.72. The topological polar surface area (TPSA) is 85.5 Å².